The molecule has 0 saturated carbocycles. The Kier molecular flexibility index (Phi) is 5.20. The largest absolute Gasteiger partial charge is 0.342 e. The number of rotatable bonds is 5. The maximum absolute atomic E-state index is 12.1. The topological polar surface area (TPSA) is 51.0 Å². The maximum Gasteiger partial charge on any atom is 0.233 e. The van der Waals surface area contributed by atoms with E-state index in [4.69, 9.17) is 0 Å². The normalized spacial score (nSPS) is 14.7. The third-order valence-electron chi connectivity index (χ3n) is 3.60. The summed E-state index contributed by atoms with van der Waals surface area (Å²) in [7, 11) is 0. The molecule has 3 heterocycles. The van der Waals surface area contributed by atoms with Crippen molar-refractivity contribution in [3.8, 4) is 10.7 Å². The monoisotopic (exact) mass is 400 g/mol. The Hall–Kier alpha value is -0.860. The van der Waals surface area contributed by atoms with Gasteiger partial charge in [0.15, 0.2) is 11.0 Å². The molecule has 118 valence electrons. The van der Waals surface area contributed by atoms with E-state index >= 15 is 0 Å². The maximum atomic E-state index is 12.1. The van der Waals surface area contributed by atoms with Gasteiger partial charge in [-0.3, -0.25) is 4.79 Å². The number of nitrogens with zero attached hydrogens (tertiary/aromatic N) is 4. The molecule has 0 bridgehead atoms. The minimum atomic E-state index is 0.202. The molecule has 1 fully saturated rings. The van der Waals surface area contributed by atoms with Gasteiger partial charge in [0.25, 0.3) is 0 Å². The summed E-state index contributed by atoms with van der Waals surface area (Å²) in [6.07, 6.45) is 2.25. The van der Waals surface area contributed by atoms with E-state index in [0.717, 1.165) is 52.8 Å². The predicted molar refractivity (Wildman–Crippen MR) is 93.2 cm³/mol. The summed E-state index contributed by atoms with van der Waals surface area (Å²) in [5.41, 5.74) is 0. The van der Waals surface area contributed by atoms with Crippen LogP contribution in [0.25, 0.3) is 10.7 Å². The van der Waals surface area contributed by atoms with E-state index in [1.807, 2.05) is 16.3 Å². The van der Waals surface area contributed by atoms with Crippen LogP contribution in [0.4, 0.5) is 0 Å². The van der Waals surface area contributed by atoms with Crippen LogP contribution in [0.3, 0.4) is 0 Å². The smallest absolute Gasteiger partial charge is 0.233 e. The minimum absolute atomic E-state index is 0.202. The molecule has 0 aromatic carbocycles. The fourth-order valence-electron chi connectivity index (χ4n) is 2.48. The molecule has 0 radical (unpaired) electrons. The van der Waals surface area contributed by atoms with E-state index < -0.39 is 0 Å². The lowest BCUT2D eigenvalue weighted by Gasteiger charge is -2.14. The van der Waals surface area contributed by atoms with Gasteiger partial charge in [0.2, 0.25) is 5.91 Å². The molecule has 0 N–H and O–H groups in total. The highest BCUT2D eigenvalue weighted by molar-refractivity contribution is 9.10. The van der Waals surface area contributed by atoms with Crippen LogP contribution in [0, 0.1) is 0 Å². The molecular formula is C14H17BrN4OS2. The van der Waals surface area contributed by atoms with E-state index in [2.05, 4.69) is 37.6 Å². The zero-order valence-corrected chi connectivity index (χ0v) is 15.5. The van der Waals surface area contributed by atoms with Gasteiger partial charge in [-0.05, 0) is 41.8 Å². The van der Waals surface area contributed by atoms with E-state index in [-0.39, 0.29) is 5.91 Å². The highest BCUT2D eigenvalue weighted by atomic mass is 79.9. The van der Waals surface area contributed by atoms with Crippen molar-refractivity contribution in [3.63, 3.8) is 0 Å². The Morgan fingerprint density at radius 1 is 1.41 bits per heavy atom. The number of carbonyl (C=O) groups excluding carboxylic acids is 1. The Labute approximate surface area is 146 Å². The first-order valence-electron chi connectivity index (χ1n) is 7.27. The lowest BCUT2D eigenvalue weighted by Crippen LogP contribution is -2.29. The first-order chi connectivity index (χ1) is 10.7. The number of thioether (sulfide) groups is 1. The number of hydrogen-bond donors (Lipinski definition) is 0. The molecule has 3 rings (SSSR count). The fourth-order valence-corrected chi connectivity index (χ4v) is 4.80. The highest BCUT2D eigenvalue weighted by Gasteiger charge is 2.20. The van der Waals surface area contributed by atoms with Crippen molar-refractivity contribution in [3.05, 3.63) is 15.9 Å². The third-order valence-corrected chi connectivity index (χ3v) is 6.24. The van der Waals surface area contributed by atoms with Crippen LogP contribution in [0.2, 0.25) is 0 Å². The first kappa shape index (κ1) is 16.0. The highest BCUT2D eigenvalue weighted by Crippen LogP contribution is 2.31. The average molecular weight is 401 g/mol. The number of hydrogen-bond acceptors (Lipinski definition) is 5. The van der Waals surface area contributed by atoms with Gasteiger partial charge >= 0.3 is 0 Å². The van der Waals surface area contributed by atoms with Crippen LogP contribution in [0.15, 0.2) is 21.1 Å². The fraction of sp³-hybridized carbons (Fsp3) is 0.500. The molecule has 0 unspecified atom stereocenters. The van der Waals surface area contributed by atoms with Crippen molar-refractivity contribution >= 4 is 44.9 Å². The zero-order chi connectivity index (χ0) is 15.5. The van der Waals surface area contributed by atoms with E-state index in [0.29, 0.717) is 5.75 Å². The second-order valence-electron chi connectivity index (χ2n) is 5.06. The number of halogens is 1. The van der Waals surface area contributed by atoms with Crippen LogP contribution in [-0.2, 0) is 11.3 Å². The molecule has 1 saturated heterocycles. The molecule has 0 atom stereocenters. The van der Waals surface area contributed by atoms with E-state index in [1.165, 1.54) is 11.8 Å². The van der Waals surface area contributed by atoms with Crippen molar-refractivity contribution in [1.29, 1.82) is 0 Å². The number of carbonyl (C=O) groups is 1. The summed E-state index contributed by atoms with van der Waals surface area (Å²) in [5.74, 6) is 1.51. The van der Waals surface area contributed by atoms with Gasteiger partial charge in [-0.1, -0.05) is 11.8 Å². The molecule has 2 aromatic rings. The summed E-state index contributed by atoms with van der Waals surface area (Å²) in [6.45, 7) is 4.66. The van der Waals surface area contributed by atoms with Crippen molar-refractivity contribution in [2.75, 3.05) is 18.8 Å². The molecule has 2 aromatic heterocycles. The zero-order valence-electron chi connectivity index (χ0n) is 12.3. The Morgan fingerprint density at radius 2 is 2.18 bits per heavy atom. The lowest BCUT2D eigenvalue weighted by atomic mass is 10.4. The molecular weight excluding hydrogens is 384 g/mol. The van der Waals surface area contributed by atoms with Crippen molar-refractivity contribution in [2.45, 2.75) is 31.5 Å². The van der Waals surface area contributed by atoms with Gasteiger partial charge in [-0.25, -0.2) is 0 Å². The standard InChI is InChI=1S/C14H17BrN4OS2/c1-2-19-13(11-7-10(15)8-21-11)16-17-14(19)22-9-12(20)18-5-3-4-6-18/h7-8H,2-6,9H2,1H3. The number of aromatic nitrogens is 3. The Morgan fingerprint density at radius 3 is 2.82 bits per heavy atom. The summed E-state index contributed by atoms with van der Waals surface area (Å²) >= 11 is 6.58. The molecule has 22 heavy (non-hydrogen) atoms. The Balaban J connectivity index is 1.71. The number of likely N-dealkylation sites (tertiary alicyclic amines) is 1. The van der Waals surface area contributed by atoms with Gasteiger partial charge in [-0.15, -0.1) is 21.5 Å². The first-order valence-corrected chi connectivity index (χ1v) is 9.93. The van der Waals surface area contributed by atoms with E-state index in [9.17, 15) is 4.79 Å². The molecule has 0 aliphatic carbocycles. The lowest BCUT2D eigenvalue weighted by molar-refractivity contribution is -0.127. The Bertz CT molecular complexity index is 664. The SMILES string of the molecule is CCn1c(SCC(=O)N2CCCC2)nnc1-c1cc(Br)cs1. The molecule has 0 spiro atoms. The third kappa shape index (κ3) is 3.38. The molecule has 1 aliphatic heterocycles. The quantitative estimate of drug-likeness (QED) is 0.720. The number of amides is 1. The average Bonchev–Trinajstić information content (AvgIpc) is 3.24. The van der Waals surface area contributed by atoms with Crippen LogP contribution >= 0.6 is 39.0 Å². The second kappa shape index (κ2) is 7.14. The summed E-state index contributed by atoms with van der Waals surface area (Å²) in [6, 6.07) is 2.05. The van der Waals surface area contributed by atoms with E-state index in [1.54, 1.807) is 11.3 Å². The van der Waals surface area contributed by atoms with Crippen molar-refractivity contribution in [2.24, 2.45) is 0 Å². The predicted octanol–water partition coefficient (Wildman–Crippen LogP) is 3.50. The molecule has 1 aliphatic rings. The van der Waals surface area contributed by atoms with Crippen LogP contribution in [0.5, 0.6) is 0 Å². The molecule has 5 nitrogen and oxygen atoms in total. The van der Waals surface area contributed by atoms with Crippen LogP contribution < -0.4 is 0 Å². The van der Waals surface area contributed by atoms with Crippen molar-refractivity contribution < 1.29 is 4.79 Å². The number of thiophene rings is 1. The van der Waals surface area contributed by atoms with Gasteiger partial charge in [0.1, 0.15) is 0 Å². The summed E-state index contributed by atoms with van der Waals surface area (Å²) in [4.78, 5) is 15.2. The minimum Gasteiger partial charge on any atom is -0.342 e. The van der Waals surface area contributed by atoms with Crippen molar-refractivity contribution in [1.82, 2.24) is 19.7 Å². The van der Waals surface area contributed by atoms with Gasteiger partial charge in [0.05, 0.1) is 10.6 Å². The van der Waals surface area contributed by atoms with Crippen LogP contribution in [-0.4, -0.2) is 44.4 Å². The molecule has 1 amide bonds. The molecule has 8 heteroatoms. The summed E-state index contributed by atoms with van der Waals surface area (Å²) < 4.78 is 3.12. The van der Waals surface area contributed by atoms with Crippen LogP contribution in [0.1, 0.15) is 19.8 Å². The van der Waals surface area contributed by atoms with Gasteiger partial charge in [0, 0.05) is 29.5 Å². The van der Waals surface area contributed by atoms with Gasteiger partial charge < -0.3 is 9.47 Å². The summed E-state index contributed by atoms with van der Waals surface area (Å²) in [5, 5.41) is 11.4. The second-order valence-corrected chi connectivity index (χ2v) is 7.83. The van der Waals surface area contributed by atoms with Gasteiger partial charge in [-0.2, -0.15) is 0 Å².